The molecule has 1 aromatic rings. The predicted octanol–water partition coefficient (Wildman–Crippen LogP) is 3.49. The van der Waals surface area contributed by atoms with E-state index in [-0.39, 0.29) is 24.4 Å². The lowest BCUT2D eigenvalue weighted by molar-refractivity contribution is -0.136. The van der Waals surface area contributed by atoms with Crippen molar-refractivity contribution in [3.05, 3.63) is 29.3 Å². The summed E-state index contributed by atoms with van der Waals surface area (Å²) in [5.41, 5.74) is 1.34. The molecule has 0 atom stereocenters. The highest BCUT2D eigenvalue weighted by atomic mass is 16.4. The second kappa shape index (κ2) is 6.55. The van der Waals surface area contributed by atoms with Crippen LogP contribution in [0, 0.1) is 0 Å². The Morgan fingerprint density at radius 3 is 2.45 bits per heavy atom. The Morgan fingerprint density at radius 2 is 1.80 bits per heavy atom. The van der Waals surface area contributed by atoms with Crippen molar-refractivity contribution in [1.29, 1.82) is 0 Å². The molecule has 1 aliphatic rings. The fraction of sp³-hybridized carbons (Fsp3) is 0.500. The molecule has 20 heavy (non-hydrogen) atoms. The molecule has 108 valence electrons. The zero-order valence-electron chi connectivity index (χ0n) is 11.5. The molecule has 0 bridgehead atoms. The lowest BCUT2D eigenvalue weighted by Gasteiger charge is -2.23. The topological polar surface area (TPSA) is 74.6 Å². The number of rotatable bonds is 5. The summed E-state index contributed by atoms with van der Waals surface area (Å²) < 4.78 is 0. The van der Waals surface area contributed by atoms with Crippen molar-refractivity contribution < 1.29 is 19.8 Å². The minimum atomic E-state index is -0.968. The van der Waals surface area contributed by atoms with Gasteiger partial charge in [0.25, 0.3) is 0 Å². The SMILES string of the molecule is O=C(O)CCC(=O)c1ccc(O)c(C2CCCCC2)c1. The van der Waals surface area contributed by atoms with Crippen LogP contribution in [-0.2, 0) is 4.79 Å². The minimum absolute atomic E-state index is 0.00418. The Bertz CT molecular complexity index is 501. The van der Waals surface area contributed by atoms with Crippen LogP contribution in [0.3, 0.4) is 0 Å². The van der Waals surface area contributed by atoms with Crippen LogP contribution in [0.4, 0.5) is 0 Å². The molecule has 0 aliphatic heterocycles. The highest BCUT2D eigenvalue weighted by molar-refractivity contribution is 5.97. The molecule has 2 rings (SSSR count). The van der Waals surface area contributed by atoms with Crippen LogP contribution >= 0.6 is 0 Å². The average molecular weight is 276 g/mol. The van der Waals surface area contributed by atoms with E-state index >= 15 is 0 Å². The summed E-state index contributed by atoms with van der Waals surface area (Å²) in [5, 5.41) is 18.6. The molecule has 0 radical (unpaired) electrons. The Morgan fingerprint density at radius 1 is 1.10 bits per heavy atom. The monoisotopic (exact) mass is 276 g/mol. The van der Waals surface area contributed by atoms with E-state index in [0.717, 1.165) is 31.2 Å². The number of hydrogen-bond donors (Lipinski definition) is 2. The molecule has 1 aliphatic carbocycles. The van der Waals surface area contributed by atoms with Gasteiger partial charge in [-0.05, 0) is 42.5 Å². The molecular formula is C16H20O4. The lowest BCUT2D eigenvalue weighted by atomic mass is 9.83. The summed E-state index contributed by atoms with van der Waals surface area (Å²) in [5.74, 6) is -0.586. The van der Waals surface area contributed by atoms with Gasteiger partial charge in [-0.2, -0.15) is 0 Å². The smallest absolute Gasteiger partial charge is 0.303 e. The number of benzene rings is 1. The van der Waals surface area contributed by atoms with Gasteiger partial charge in [0.2, 0.25) is 0 Å². The normalized spacial score (nSPS) is 16.0. The van der Waals surface area contributed by atoms with Gasteiger partial charge in [0.1, 0.15) is 5.75 Å². The fourth-order valence-electron chi connectivity index (χ4n) is 2.83. The highest BCUT2D eigenvalue weighted by Crippen LogP contribution is 2.37. The third-order valence-corrected chi connectivity index (χ3v) is 3.96. The zero-order valence-corrected chi connectivity index (χ0v) is 11.5. The van der Waals surface area contributed by atoms with Crippen molar-refractivity contribution >= 4 is 11.8 Å². The van der Waals surface area contributed by atoms with Crippen LogP contribution in [0.15, 0.2) is 18.2 Å². The number of hydrogen-bond acceptors (Lipinski definition) is 3. The number of Topliss-reactive ketones (excluding diaryl/α,β-unsaturated/α-hetero) is 1. The van der Waals surface area contributed by atoms with Gasteiger partial charge in [0.05, 0.1) is 6.42 Å². The fourth-order valence-corrected chi connectivity index (χ4v) is 2.83. The molecule has 0 amide bonds. The summed E-state index contributed by atoms with van der Waals surface area (Å²) in [6.45, 7) is 0. The molecule has 0 saturated heterocycles. The van der Waals surface area contributed by atoms with Crippen molar-refractivity contribution in [2.45, 2.75) is 50.9 Å². The number of phenols is 1. The number of phenolic OH excluding ortho intramolecular Hbond substituents is 1. The molecule has 1 saturated carbocycles. The van der Waals surface area contributed by atoms with E-state index in [1.165, 1.54) is 6.42 Å². The van der Waals surface area contributed by atoms with E-state index in [9.17, 15) is 14.7 Å². The molecule has 4 heteroatoms. The first kappa shape index (κ1) is 14.6. The molecule has 1 aromatic carbocycles. The number of carbonyl (C=O) groups excluding carboxylic acids is 1. The van der Waals surface area contributed by atoms with Gasteiger partial charge in [0, 0.05) is 12.0 Å². The van der Waals surface area contributed by atoms with Crippen LogP contribution in [0.2, 0.25) is 0 Å². The summed E-state index contributed by atoms with van der Waals surface area (Å²) in [6.07, 6.45) is 5.47. The van der Waals surface area contributed by atoms with Crippen LogP contribution < -0.4 is 0 Å². The lowest BCUT2D eigenvalue weighted by Crippen LogP contribution is -2.08. The molecular weight excluding hydrogens is 256 g/mol. The molecule has 1 fully saturated rings. The zero-order chi connectivity index (χ0) is 14.5. The number of carbonyl (C=O) groups is 2. The molecule has 0 heterocycles. The van der Waals surface area contributed by atoms with Gasteiger partial charge < -0.3 is 10.2 Å². The van der Waals surface area contributed by atoms with Gasteiger partial charge in [-0.3, -0.25) is 9.59 Å². The van der Waals surface area contributed by atoms with Gasteiger partial charge in [-0.25, -0.2) is 0 Å². The summed E-state index contributed by atoms with van der Waals surface area (Å²) in [7, 11) is 0. The Kier molecular flexibility index (Phi) is 4.77. The van der Waals surface area contributed by atoms with Crippen molar-refractivity contribution in [3.63, 3.8) is 0 Å². The molecule has 0 unspecified atom stereocenters. The van der Waals surface area contributed by atoms with E-state index in [1.807, 2.05) is 0 Å². The van der Waals surface area contributed by atoms with Gasteiger partial charge in [-0.15, -0.1) is 0 Å². The number of carboxylic acid groups (broad SMARTS) is 1. The maximum atomic E-state index is 12.0. The van der Waals surface area contributed by atoms with Gasteiger partial charge in [-0.1, -0.05) is 19.3 Å². The molecule has 4 nitrogen and oxygen atoms in total. The molecule has 0 aromatic heterocycles. The largest absolute Gasteiger partial charge is 0.508 e. The number of carboxylic acids is 1. The van der Waals surface area contributed by atoms with Crippen molar-refractivity contribution in [2.24, 2.45) is 0 Å². The Balaban J connectivity index is 2.15. The van der Waals surface area contributed by atoms with Crippen LogP contribution in [0.25, 0.3) is 0 Å². The molecule has 2 N–H and O–H groups in total. The van der Waals surface area contributed by atoms with Crippen molar-refractivity contribution in [3.8, 4) is 5.75 Å². The first-order valence-corrected chi connectivity index (χ1v) is 7.16. The number of aliphatic carboxylic acids is 1. The van der Waals surface area contributed by atoms with Gasteiger partial charge in [0.15, 0.2) is 5.78 Å². The first-order valence-electron chi connectivity index (χ1n) is 7.16. The quantitative estimate of drug-likeness (QED) is 0.807. The Labute approximate surface area is 118 Å². The Hall–Kier alpha value is -1.84. The second-order valence-electron chi connectivity index (χ2n) is 5.43. The van der Waals surface area contributed by atoms with E-state index < -0.39 is 5.97 Å². The summed E-state index contributed by atoms with van der Waals surface area (Å²) in [4.78, 5) is 22.5. The third kappa shape index (κ3) is 3.59. The standard InChI is InChI=1S/C16H20O4/c17-14(8-9-16(19)20)12-6-7-15(18)13(10-12)11-4-2-1-3-5-11/h6-7,10-11,18H,1-5,8-9H2,(H,19,20). The highest BCUT2D eigenvalue weighted by Gasteiger charge is 2.20. The maximum Gasteiger partial charge on any atom is 0.303 e. The summed E-state index contributed by atoms with van der Waals surface area (Å²) in [6, 6.07) is 4.87. The molecule has 0 spiro atoms. The van der Waals surface area contributed by atoms with E-state index in [2.05, 4.69) is 0 Å². The van der Waals surface area contributed by atoms with Crippen molar-refractivity contribution in [1.82, 2.24) is 0 Å². The van der Waals surface area contributed by atoms with Crippen molar-refractivity contribution in [2.75, 3.05) is 0 Å². The maximum absolute atomic E-state index is 12.0. The van der Waals surface area contributed by atoms with Crippen LogP contribution in [-0.4, -0.2) is 22.0 Å². The minimum Gasteiger partial charge on any atom is -0.508 e. The van der Waals surface area contributed by atoms with E-state index in [4.69, 9.17) is 5.11 Å². The number of aromatic hydroxyl groups is 1. The average Bonchev–Trinajstić information content (AvgIpc) is 2.46. The van der Waals surface area contributed by atoms with E-state index in [0.29, 0.717) is 11.5 Å². The van der Waals surface area contributed by atoms with E-state index in [1.54, 1.807) is 18.2 Å². The van der Waals surface area contributed by atoms with Gasteiger partial charge >= 0.3 is 5.97 Å². The van der Waals surface area contributed by atoms with Crippen LogP contribution in [0.1, 0.15) is 66.8 Å². The third-order valence-electron chi connectivity index (χ3n) is 3.96. The summed E-state index contributed by atoms with van der Waals surface area (Å²) >= 11 is 0. The number of ketones is 1. The van der Waals surface area contributed by atoms with Crippen LogP contribution in [0.5, 0.6) is 5.75 Å². The second-order valence-corrected chi connectivity index (χ2v) is 5.43. The predicted molar refractivity (Wildman–Crippen MR) is 75.1 cm³/mol. The first-order chi connectivity index (χ1) is 9.58.